The van der Waals surface area contributed by atoms with Crippen molar-refractivity contribution in [3.05, 3.63) is 45.9 Å². The first-order valence-corrected chi connectivity index (χ1v) is 3.67. The zero-order chi connectivity index (χ0) is 9.26. The van der Waals surface area contributed by atoms with Crippen LogP contribution in [0.1, 0.15) is 0 Å². The molecule has 1 aromatic heterocycles. The molecule has 0 saturated carbocycles. The summed E-state index contributed by atoms with van der Waals surface area (Å²) >= 11 is 0. The Morgan fingerprint density at radius 2 is 2.00 bits per heavy atom. The van der Waals surface area contributed by atoms with Crippen LogP contribution in [0, 0.1) is 4.91 Å². The van der Waals surface area contributed by atoms with E-state index in [1.165, 1.54) is 6.26 Å². The number of fused-ring (bicyclic) bond motifs is 1. The topological polar surface area (TPSA) is 59.6 Å². The predicted molar refractivity (Wildman–Crippen MR) is 47.9 cm³/mol. The summed E-state index contributed by atoms with van der Waals surface area (Å²) in [5.41, 5.74) is -0.201. The molecule has 0 aliphatic carbocycles. The Hall–Kier alpha value is -1.97. The molecule has 13 heavy (non-hydrogen) atoms. The highest BCUT2D eigenvalue weighted by atomic mass is 16.4. The summed E-state index contributed by atoms with van der Waals surface area (Å²) in [5, 5.41) is 3.71. The minimum atomic E-state index is -0.456. The molecule has 4 heteroatoms. The lowest BCUT2D eigenvalue weighted by molar-refractivity contribution is 0.519. The van der Waals surface area contributed by atoms with Crippen LogP contribution in [0.2, 0.25) is 0 Å². The van der Waals surface area contributed by atoms with E-state index in [1.807, 2.05) is 0 Å². The van der Waals surface area contributed by atoms with Gasteiger partial charge in [0.1, 0.15) is 5.69 Å². The van der Waals surface area contributed by atoms with Crippen molar-refractivity contribution in [2.45, 2.75) is 0 Å². The Morgan fingerprint density at radius 1 is 1.15 bits per heavy atom. The van der Waals surface area contributed by atoms with Crippen LogP contribution in [0.4, 0.5) is 5.69 Å². The van der Waals surface area contributed by atoms with Gasteiger partial charge in [0.05, 0.1) is 11.6 Å². The second-order valence-electron chi connectivity index (χ2n) is 2.54. The number of nitrogens with zero attached hydrogens (tertiary/aromatic N) is 1. The molecule has 0 fully saturated rings. The summed E-state index contributed by atoms with van der Waals surface area (Å²) in [7, 11) is 0. The lowest BCUT2D eigenvalue weighted by atomic mass is 10.1. The normalized spacial score (nSPS) is 10.2. The molecular formula is C9H5NO3. The fourth-order valence-corrected chi connectivity index (χ4v) is 1.21. The van der Waals surface area contributed by atoms with Crippen molar-refractivity contribution in [2.75, 3.05) is 0 Å². The number of hydrogen-bond acceptors (Lipinski definition) is 4. The van der Waals surface area contributed by atoms with Gasteiger partial charge in [-0.1, -0.05) is 6.07 Å². The Kier molecular flexibility index (Phi) is 1.66. The molecule has 0 amide bonds. The van der Waals surface area contributed by atoms with Gasteiger partial charge in [-0.15, -0.1) is 4.91 Å². The molecule has 2 aromatic rings. The number of benzene rings is 1. The average Bonchev–Trinajstić information content (AvgIpc) is 2.18. The Bertz CT molecular complexity index is 515. The molecule has 0 atom stereocenters. The van der Waals surface area contributed by atoms with Gasteiger partial charge >= 0.3 is 5.63 Å². The molecule has 0 aliphatic rings. The van der Waals surface area contributed by atoms with Gasteiger partial charge in [0.15, 0.2) is 0 Å². The van der Waals surface area contributed by atoms with E-state index in [0.717, 1.165) is 0 Å². The van der Waals surface area contributed by atoms with E-state index >= 15 is 0 Å². The summed E-state index contributed by atoms with van der Waals surface area (Å²) < 4.78 is 4.64. The number of hydrogen-bond donors (Lipinski definition) is 0. The zero-order valence-electron chi connectivity index (χ0n) is 6.56. The van der Waals surface area contributed by atoms with Crippen molar-refractivity contribution < 1.29 is 4.42 Å². The van der Waals surface area contributed by atoms with Crippen LogP contribution in [0.3, 0.4) is 0 Å². The molecule has 0 N–H and O–H groups in total. The zero-order valence-corrected chi connectivity index (χ0v) is 6.56. The largest absolute Gasteiger partial charge is 0.431 e. The number of nitroso groups, excluding NO2 is 1. The SMILES string of the molecule is O=Nc1cccc2c(=O)occc12. The van der Waals surface area contributed by atoms with E-state index in [9.17, 15) is 9.70 Å². The van der Waals surface area contributed by atoms with Gasteiger partial charge in [-0.2, -0.15) is 0 Å². The smallest absolute Gasteiger partial charge is 0.343 e. The Morgan fingerprint density at radius 3 is 2.77 bits per heavy atom. The van der Waals surface area contributed by atoms with Gasteiger partial charge in [-0.05, 0) is 23.4 Å². The van der Waals surface area contributed by atoms with E-state index in [-0.39, 0.29) is 5.69 Å². The standard InChI is InChI=1S/C9H5NO3/c11-9-7-2-1-3-8(10-12)6(7)4-5-13-9/h1-5H. The van der Waals surface area contributed by atoms with Crippen LogP contribution >= 0.6 is 0 Å². The highest BCUT2D eigenvalue weighted by Gasteiger charge is 2.03. The second kappa shape index (κ2) is 2.82. The molecule has 4 nitrogen and oxygen atoms in total. The fraction of sp³-hybridized carbons (Fsp3) is 0. The molecule has 0 saturated heterocycles. The third kappa shape index (κ3) is 1.12. The monoisotopic (exact) mass is 175 g/mol. The molecule has 64 valence electrons. The highest BCUT2D eigenvalue weighted by molar-refractivity contribution is 5.91. The Labute approximate surface area is 72.8 Å². The van der Waals surface area contributed by atoms with Crippen LogP contribution in [0.5, 0.6) is 0 Å². The van der Waals surface area contributed by atoms with E-state index < -0.39 is 5.63 Å². The highest BCUT2D eigenvalue weighted by Crippen LogP contribution is 2.22. The van der Waals surface area contributed by atoms with Crippen LogP contribution in [-0.2, 0) is 0 Å². The van der Waals surface area contributed by atoms with Gasteiger partial charge in [0.2, 0.25) is 0 Å². The lowest BCUT2D eigenvalue weighted by Crippen LogP contribution is -1.97. The molecule has 0 radical (unpaired) electrons. The first-order valence-electron chi connectivity index (χ1n) is 3.67. The van der Waals surface area contributed by atoms with Crippen LogP contribution in [-0.4, -0.2) is 0 Å². The van der Waals surface area contributed by atoms with E-state index in [1.54, 1.807) is 24.3 Å². The van der Waals surface area contributed by atoms with Crippen molar-refractivity contribution in [2.24, 2.45) is 5.18 Å². The van der Waals surface area contributed by atoms with Crippen LogP contribution in [0.25, 0.3) is 10.8 Å². The van der Waals surface area contributed by atoms with Gasteiger partial charge < -0.3 is 4.42 Å². The maximum atomic E-state index is 11.1. The number of rotatable bonds is 1. The first-order chi connectivity index (χ1) is 6.33. The van der Waals surface area contributed by atoms with Crippen LogP contribution < -0.4 is 5.63 Å². The van der Waals surface area contributed by atoms with Gasteiger partial charge in [0.25, 0.3) is 0 Å². The van der Waals surface area contributed by atoms with E-state index in [4.69, 9.17) is 0 Å². The molecule has 0 spiro atoms. The maximum Gasteiger partial charge on any atom is 0.343 e. The predicted octanol–water partition coefficient (Wildman–Crippen LogP) is 2.19. The average molecular weight is 175 g/mol. The fourth-order valence-electron chi connectivity index (χ4n) is 1.21. The van der Waals surface area contributed by atoms with Crippen molar-refractivity contribution in [3.8, 4) is 0 Å². The van der Waals surface area contributed by atoms with Crippen molar-refractivity contribution in [3.63, 3.8) is 0 Å². The molecule has 2 rings (SSSR count). The van der Waals surface area contributed by atoms with E-state index in [2.05, 4.69) is 9.59 Å². The van der Waals surface area contributed by atoms with Crippen LogP contribution in [0.15, 0.2) is 44.9 Å². The summed E-state index contributed by atoms with van der Waals surface area (Å²) in [4.78, 5) is 21.5. The third-order valence-electron chi connectivity index (χ3n) is 1.81. The Balaban J connectivity index is 3.00. The molecule has 0 aliphatic heterocycles. The quantitative estimate of drug-likeness (QED) is 0.624. The van der Waals surface area contributed by atoms with Gasteiger partial charge in [-0.3, -0.25) is 0 Å². The second-order valence-corrected chi connectivity index (χ2v) is 2.54. The van der Waals surface area contributed by atoms with Crippen molar-refractivity contribution in [1.82, 2.24) is 0 Å². The van der Waals surface area contributed by atoms with Gasteiger partial charge in [0, 0.05) is 5.39 Å². The van der Waals surface area contributed by atoms with Gasteiger partial charge in [-0.25, -0.2) is 4.79 Å². The van der Waals surface area contributed by atoms with E-state index in [0.29, 0.717) is 10.8 Å². The minimum Gasteiger partial charge on any atom is -0.431 e. The first kappa shape index (κ1) is 7.67. The summed E-state index contributed by atoms with van der Waals surface area (Å²) in [5.74, 6) is 0. The summed E-state index contributed by atoms with van der Waals surface area (Å²) in [6.45, 7) is 0. The molecule has 1 heterocycles. The molecular weight excluding hydrogens is 170 g/mol. The maximum absolute atomic E-state index is 11.1. The van der Waals surface area contributed by atoms with Crippen molar-refractivity contribution in [1.29, 1.82) is 0 Å². The summed E-state index contributed by atoms with van der Waals surface area (Å²) in [6, 6.07) is 6.29. The minimum absolute atomic E-state index is 0.255. The lowest BCUT2D eigenvalue weighted by Gasteiger charge is -1.95. The molecule has 1 aromatic carbocycles. The summed E-state index contributed by atoms with van der Waals surface area (Å²) in [6.07, 6.45) is 1.25. The third-order valence-corrected chi connectivity index (χ3v) is 1.81. The molecule has 0 unspecified atom stereocenters. The van der Waals surface area contributed by atoms with Crippen molar-refractivity contribution >= 4 is 16.5 Å². The molecule has 0 bridgehead atoms.